The monoisotopic (exact) mass is 280 g/mol. The predicted octanol–water partition coefficient (Wildman–Crippen LogP) is 2.76. The number of aliphatic hydroxyl groups excluding tert-OH is 1. The molecule has 0 saturated carbocycles. The van der Waals surface area contributed by atoms with Crippen LogP contribution in [0.3, 0.4) is 0 Å². The van der Waals surface area contributed by atoms with E-state index in [1.54, 1.807) is 6.07 Å². The third-order valence-corrected chi connectivity index (χ3v) is 2.90. The van der Waals surface area contributed by atoms with Crippen LogP contribution in [0.5, 0.6) is 5.75 Å². The number of carbonyl (C=O) groups is 1. The van der Waals surface area contributed by atoms with Gasteiger partial charge >= 0.3 is 6.03 Å². The zero-order valence-corrected chi connectivity index (χ0v) is 12.2. The molecular weight excluding hydrogens is 256 g/mol. The molecule has 0 aliphatic carbocycles. The molecule has 1 unspecified atom stereocenters. The van der Waals surface area contributed by atoms with Crippen molar-refractivity contribution in [3.8, 4) is 5.75 Å². The minimum absolute atomic E-state index is 0.0243. The van der Waals surface area contributed by atoms with Crippen molar-refractivity contribution in [2.24, 2.45) is 0 Å². The number of anilines is 1. The van der Waals surface area contributed by atoms with Crippen molar-refractivity contribution in [1.82, 2.24) is 5.32 Å². The lowest BCUT2D eigenvalue weighted by molar-refractivity contribution is 0.237. The molecule has 1 aromatic rings. The third-order valence-electron chi connectivity index (χ3n) is 2.90. The lowest BCUT2D eigenvalue weighted by Gasteiger charge is -2.17. The molecule has 20 heavy (non-hydrogen) atoms. The van der Waals surface area contributed by atoms with Gasteiger partial charge in [0, 0.05) is 12.6 Å². The molecule has 5 nitrogen and oxygen atoms in total. The van der Waals surface area contributed by atoms with Crippen LogP contribution in [0.4, 0.5) is 10.5 Å². The molecule has 0 aliphatic rings. The Balaban J connectivity index is 2.60. The summed E-state index contributed by atoms with van der Waals surface area (Å²) in [5, 5.41) is 14.5. The second kappa shape index (κ2) is 9.20. The van der Waals surface area contributed by atoms with E-state index in [1.807, 2.05) is 32.0 Å². The second-order valence-electron chi connectivity index (χ2n) is 4.56. The van der Waals surface area contributed by atoms with Gasteiger partial charge in [0.05, 0.1) is 12.3 Å². The summed E-state index contributed by atoms with van der Waals surface area (Å²) in [7, 11) is 0. The number of carbonyl (C=O) groups excluding carboxylic acids is 1. The van der Waals surface area contributed by atoms with E-state index in [-0.39, 0.29) is 18.7 Å². The maximum atomic E-state index is 11.9. The zero-order chi connectivity index (χ0) is 14.8. The van der Waals surface area contributed by atoms with Crippen LogP contribution in [0.15, 0.2) is 24.3 Å². The number of rotatable bonds is 8. The SMILES string of the molecule is CCCOc1ccccc1NC(=O)NC(CC)CCO. The number of para-hydroxylation sites is 2. The number of aliphatic hydroxyl groups is 1. The third kappa shape index (κ3) is 5.48. The van der Waals surface area contributed by atoms with Gasteiger partial charge in [-0.15, -0.1) is 0 Å². The summed E-state index contributed by atoms with van der Waals surface area (Å²) in [6.45, 7) is 4.68. The van der Waals surface area contributed by atoms with Gasteiger partial charge in [0.15, 0.2) is 0 Å². The summed E-state index contributed by atoms with van der Waals surface area (Å²) in [6.07, 6.45) is 2.24. The van der Waals surface area contributed by atoms with E-state index in [4.69, 9.17) is 9.84 Å². The van der Waals surface area contributed by atoms with Crippen molar-refractivity contribution in [3.63, 3.8) is 0 Å². The molecular formula is C15H24N2O3. The fourth-order valence-corrected chi connectivity index (χ4v) is 1.79. The lowest BCUT2D eigenvalue weighted by atomic mass is 10.2. The van der Waals surface area contributed by atoms with Crippen LogP contribution >= 0.6 is 0 Å². The highest BCUT2D eigenvalue weighted by atomic mass is 16.5. The Bertz CT molecular complexity index is 410. The normalized spacial score (nSPS) is 11.8. The summed E-state index contributed by atoms with van der Waals surface area (Å²) in [5.74, 6) is 0.666. The van der Waals surface area contributed by atoms with Crippen LogP contribution in [-0.4, -0.2) is 30.4 Å². The largest absolute Gasteiger partial charge is 0.491 e. The van der Waals surface area contributed by atoms with E-state index in [1.165, 1.54) is 0 Å². The van der Waals surface area contributed by atoms with Crippen LogP contribution in [0.25, 0.3) is 0 Å². The summed E-state index contributed by atoms with van der Waals surface area (Å²) in [5.41, 5.74) is 0.650. The Labute approximate surface area is 120 Å². The van der Waals surface area contributed by atoms with Crippen molar-refractivity contribution < 1.29 is 14.6 Å². The van der Waals surface area contributed by atoms with Gasteiger partial charge in [-0.1, -0.05) is 26.0 Å². The number of hydrogen-bond donors (Lipinski definition) is 3. The Morgan fingerprint density at radius 1 is 1.35 bits per heavy atom. The Morgan fingerprint density at radius 2 is 2.10 bits per heavy atom. The Morgan fingerprint density at radius 3 is 2.75 bits per heavy atom. The number of urea groups is 1. The van der Waals surface area contributed by atoms with E-state index in [0.29, 0.717) is 24.5 Å². The first-order valence-electron chi connectivity index (χ1n) is 7.11. The highest BCUT2D eigenvalue weighted by molar-refractivity contribution is 5.91. The zero-order valence-electron chi connectivity index (χ0n) is 12.2. The van der Waals surface area contributed by atoms with Crippen molar-refractivity contribution in [2.45, 2.75) is 39.2 Å². The van der Waals surface area contributed by atoms with Crippen LogP contribution in [0.2, 0.25) is 0 Å². The van der Waals surface area contributed by atoms with E-state index < -0.39 is 0 Å². The molecule has 1 aromatic carbocycles. The first-order valence-corrected chi connectivity index (χ1v) is 7.11. The molecule has 112 valence electrons. The summed E-state index contributed by atoms with van der Waals surface area (Å²) in [4.78, 5) is 11.9. The average molecular weight is 280 g/mol. The van der Waals surface area contributed by atoms with Crippen molar-refractivity contribution in [1.29, 1.82) is 0 Å². The summed E-state index contributed by atoms with van der Waals surface area (Å²) in [6, 6.07) is 7.05. The van der Waals surface area contributed by atoms with Crippen molar-refractivity contribution in [3.05, 3.63) is 24.3 Å². The van der Waals surface area contributed by atoms with Crippen molar-refractivity contribution in [2.75, 3.05) is 18.5 Å². The topological polar surface area (TPSA) is 70.6 Å². The highest BCUT2D eigenvalue weighted by Crippen LogP contribution is 2.23. The van der Waals surface area contributed by atoms with E-state index in [2.05, 4.69) is 10.6 Å². The minimum atomic E-state index is -0.280. The van der Waals surface area contributed by atoms with E-state index in [0.717, 1.165) is 12.8 Å². The molecule has 0 aromatic heterocycles. The molecule has 0 spiro atoms. The number of ether oxygens (including phenoxy) is 1. The van der Waals surface area contributed by atoms with Gasteiger partial charge in [-0.05, 0) is 31.4 Å². The standard InChI is InChI=1S/C15H24N2O3/c1-3-11-20-14-8-6-5-7-13(14)17-15(19)16-12(4-2)9-10-18/h5-8,12,18H,3-4,9-11H2,1-2H3,(H2,16,17,19). The Hall–Kier alpha value is -1.75. The fourth-order valence-electron chi connectivity index (χ4n) is 1.79. The number of nitrogens with one attached hydrogen (secondary N) is 2. The second-order valence-corrected chi connectivity index (χ2v) is 4.56. The fraction of sp³-hybridized carbons (Fsp3) is 0.533. The molecule has 0 heterocycles. The van der Waals surface area contributed by atoms with Crippen LogP contribution < -0.4 is 15.4 Å². The molecule has 5 heteroatoms. The van der Waals surface area contributed by atoms with Gasteiger partial charge in [0.1, 0.15) is 5.75 Å². The quantitative estimate of drug-likeness (QED) is 0.685. The molecule has 1 atom stereocenters. The predicted molar refractivity (Wildman–Crippen MR) is 80.2 cm³/mol. The molecule has 0 saturated heterocycles. The Kier molecular flexibility index (Phi) is 7.50. The molecule has 0 fully saturated rings. The number of amides is 2. The maximum absolute atomic E-state index is 11.9. The number of benzene rings is 1. The molecule has 0 aliphatic heterocycles. The van der Waals surface area contributed by atoms with Crippen LogP contribution in [-0.2, 0) is 0 Å². The van der Waals surface area contributed by atoms with E-state index >= 15 is 0 Å². The average Bonchev–Trinajstić information content (AvgIpc) is 2.45. The van der Waals surface area contributed by atoms with Gasteiger partial charge in [-0.2, -0.15) is 0 Å². The molecule has 0 bridgehead atoms. The summed E-state index contributed by atoms with van der Waals surface area (Å²) >= 11 is 0. The number of hydrogen-bond acceptors (Lipinski definition) is 3. The smallest absolute Gasteiger partial charge is 0.319 e. The van der Waals surface area contributed by atoms with Crippen LogP contribution in [0, 0.1) is 0 Å². The molecule has 2 amide bonds. The van der Waals surface area contributed by atoms with E-state index in [9.17, 15) is 4.79 Å². The molecule has 1 rings (SSSR count). The highest BCUT2D eigenvalue weighted by Gasteiger charge is 2.11. The van der Waals surface area contributed by atoms with Gasteiger partial charge in [-0.25, -0.2) is 4.79 Å². The molecule has 3 N–H and O–H groups in total. The van der Waals surface area contributed by atoms with Gasteiger partial charge in [0.2, 0.25) is 0 Å². The first-order chi connectivity index (χ1) is 9.71. The van der Waals surface area contributed by atoms with Crippen LogP contribution in [0.1, 0.15) is 33.1 Å². The van der Waals surface area contributed by atoms with Gasteiger partial charge in [-0.3, -0.25) is 0 Å². The van der Waals surface area contributed by atoms with Crippen molar-refractivity contribution >= 4 is 11.7 Å². The molecule has 0 radical (unpaired) electrons. The van der Waals surface area contributed by atoms with Gasteiger partial charge < -0.3 is 20.5 Å². The maximum Gasteiger partial charge on any atom is 0.319 e. The lowest BCUT2D eigenvalue weighted by Crippen LogP contribution is -2.38. The van der Waals surface area contributed by atoms with Gasteiger partial charge in [0.25, 0.3) is 0 Å². The minimum Gasteiger partial charge on any atom is -0.491 e. The first kappa shape index (κ1) is 16.3. The summed E-state index contributed by atoms with van der Waals surface area (Å²) < 4.78 is 5.58.